The van der Waals surface area contributed by atoms with Gasteiger partial charge in [-0.3, -0.25) is 19.3 Å². The van der Waals surface area contributed by atoms with Crippen molar-refractivity contribution in [3.63, 3.8) is 0 Å². The highest BCUT2D eigenvalue weighted by Gasteiger charge is 2.68. The third-order valence-corrected chi connectivity index (χ3v) is 7.86. The van der Waals surface area contributed by atoms with Crippen LogP contribution in [0.15, 0.2) is 72.0 Å². The van der Waals surface area contributed by atoms with E-state index in [1.165, 1.54) is 25.1 Å². The summed E-state index contributed by atoms with van der Waals surface area (Å²) >= 11 is 0. The van der Waals surface area contributed by atoms with Crippen LogP contribution in [0.1, 0.15) is 16.7 Å². The Hall–Kier alpha value is -4.25. The van der Waals surface area contributed by atoms with Crippen molar-refractivity contribution < 1.29 is 39.5 Å². The Labute approximate surface area is 223 Å². The number of phenolic OH excluding ortho intramolecular Hbond substituents is 1. The van der Waals surface area contributed by atoms with E-state index in [1.54, 1.807) is 36.4 Å². The number of carbonyl (C=O) groups is 3. The number of ether oxygens (including phenoxy) is 1. The summed E-state index contributed by atoms with van der Waals surface area (Å²) < 4.78 is 6.35. The summed E-state index contributed by atoms with van der Waals surface area (Å²) in [5.74, 6) is -8.01. The number of likely N-dealkylation sites (N-methyl/N-ethyl adjacent to an activating group) is 1. The molecule has 3 aliphatic rings. The fraction of sp³-hybridized carbons (Fsp3) is 0.276. The topological polar surface area (TPSA) is 171 Å². The number of benzene rings is 2. The van der Waals surface area contributed by atoms with Crippen LogP contribution in [0.4, 0.5) is 0 Å². The van der Waals surface area contributed by atoms with E-state index in [-0.39, 0.29) is 23.5 Å². The Kier molecular flexibility index (Phi) is 6.21. The van der Waals surface area contributed by atoms with E-state index in [0.29, 0.717) is 11.1 Å². The average Bonchev–Trinajstić information content (AvgIpc) is 2.88. The summed E-state index contributed by atoms with van der Waals surface area (Å²) in [6.45, 7) is 4.13. The van der Waals surface area contributed by atoms with Crippen molar-refractivity contribution in [3.8, 4) is 5.75 Å². The largest absolute Gasteiger partial charge is 0.508 e. The van der Waals surface area contributed by atoms with Crippen molar-refractivity contribution in [2.75, 3.05) is 14.1 Å². The van der Waals surface area contributed by atoms with E-state index < -0.39 is 64.1 Å². The molecule has 5 atom stereocenters. The molecule has 0 unspecified atom stereocenters. The van der Waals surface area contributed by atoms with Gasteiger partial charge in [0.25, 0.3) is 5.91 Å². The van der Waals surface area contributed by atoms with E-state index in [1.807, 2.05) is 6.07 Å². The fourth-order valence-electron chi connectivity index (χ4n) is 6.15. The molecular formula is C29H28N2O8. The van der Waals surface area contributed by atoms with Gasteiger partial charge in [0.05, 0.1) is 35.8 Å². The van der Waals surface area contributed by atoms with Gasteiger partial charge in [0, 0.05) is 5.92 Å². The number of Topliss-reactive ketones (excluding diaryl/α,β-unsaturated/α-hetero) is 2. The third-order valence-electron chi connectivity index (χ3n) is 7.86. The van der Waals surface area contributed by atoms with Gasteiger partial charge in [0.2, 0.25) is 5.78 Å². The number of carbonyl (C=O) groups excluding carboxylic acids is 3. The molecule has 39 heavy (non-hydrogen) atoms. The molecule has 202 valence electrons. The van der Waals surface area contributed by atoms with Gasteiger partial charge in [-0.1, -0.05) is 49.0 Å². The van der Waals surface area contributed by atoms with Gasteiger partial charge in [0.1, 0.15) is 22.8 Å². The molecule has 1 fully saturated rings. The second-order valence-corrected chi connectivity index (χ2v) is 10.2. The molecule has 0 spiro atoms. The molecule has 2 aromatic carbocycles. The van der Waals surface area contributed by atoms with Crippen molar-refractivity contribution in [3.05, 3.63) is 88.7 Å². The van der Waals surface area contributed by atoms with Crippen molar-refractivity contribution in [1.29, 1.82) is 0 Å². The van der Waals surface area contributed by atoms with Gasteiger partial charge in [-0.2, -0.15) is 0 Å². The lowest BCUT2D eigenvalue weighted by Gasteiger charge is -2.54. The number of aliphatic hydroxyl groups excluding tert-OH is 2. The number of nitrogens with two attached hydrogens (primary N) is 1. The summed E-state index contributed by atoms with van der Waals surface area (Å²) in [7, 11) is 3.04. The Balaban J connectivity index is 1.81. The van der Waals surface area contributed by atoms with Gasteiger partial charge < -0.3 is 30.9 Å². The molecule has 10 heteroatoms. The van der Waals surface area contributed by atoms with Crippen LogP contribution in [0, 0.1) is 11.8 Å². The lowest BCUT2D eigenvalue weighted by molar-refractivity contribution is -0.173. The first-order chi connectivity index (χ1) is 18.4. The third kappa shape index (κ3) is 3.63. The molecule has 0 radical (unpaired) electrons. The van der Waals surface area contributed by atoms with Gasteiger partial charge in [-0.25, -0.2) is 0 Å². The zero-order chi connectivity index (χ0) is 28.4. The van der Waals surface area contributed by atoms with Crippen LogP contribution in [-0.2, 0) is 25.7 Å². The molecule has 10 nitrogen and oxygen atoms in total. The highest BCUT2D eigenvalue weighted by molar-refractivity contribution is 6.25. The molecule has 0 heterocycles. The summed E-state index contributed by atoms with van der Waals surface area (Å²) in [5.41, 5.74) is 2.61. The monoisotopic (exact) mass is 532 g/mol. The van der Waals surface area contributed by atoms with E-state index >= 15 is 0 Å². The minimum Gasteiger partial charge on any atom is -0.508 e. The van der Waals surface area contributed by atoms with E-state index in [4.69, 9.17) is 10.5 Å². The Morgan fingerprint density at radius 2 is 1.74 bits per heavy atom. The molecule has 0 bridgehead atoms. The molecule has 0 saturated heterocycles. The highest BCUT2D eigenvalue weighted by atomic mass is 16.5. The van der Waals surface area contributed by atoms with Crippen LogP contribution in [0.25, 0.3) is 11.3 Å². The fourth-order valence-corrected chi connectivity index (χ4v) is 6.15. The number of aliphatic hydroxyl groups is 3. The SMILES string of the molecule is C=C1c2cccc(O)c2C(O)=C2C(=O)[C@]3(O)C(O)=C(C(N)=O)C(=O)[C@@H](N(C)C)[C@@H]3[C@@H](OCc3ccccc3)[C@H]12. The van der Waals surface area contributed by atoms with Crippen molar-refractivity contribution >= 4 is 28.8 Å². The van der Waals surface area contributed by atoms with Gasteiger partial charge in [-0.05, 0) is 36.9 Å². The molecule has 5 rings (SSSR count). The first-order valence-electron chi connectivity index (χ1n) is 12.2. The van der Waals surface area contributed by atoms with Gasteiger partial charge >= 0.3 is 0 Å². The Bertz CT molecular complexity index is 1490. The number of phenols is 1. The first kappa shape index (κ1) is 26.4. The zero-order valence-electron chi connectivity index (χ0n) is 21.3. The van der Waals surface area contributed by atoms with Crippen LogP contribution in [0.5, 0.6) is 5.75 Å². The minimum atomic E-state index is -2.86. The maximum absolute atomic E-state index is 14.1. The summed E-state index contributed by atoms with van der Waals surface area (Å²) in [5, 5.41) is 45.1. The van der Waals surface area contributed by atoms with Gasteiger partial charge in [-0.15, -0.1) is 0 Å². The maximum atomic E-state index is 14.1. The molecule has 3 aliphatic carbocycles. The van der Waals surface area contributed by atoms with Crippen LogP contribution in [-0.4, -0.2) is 74.6 Å². The lowest BCUT2D eigenvalue weighted by Crippen LogP contribution is -2.70. The number of amides is 1. The van der Waals surface area contributed by atoms with Gasteiger partial charge in [0.15, 0.2) is 11.4 Å². The number of hydrogen-bond acceptors (Lipinski definition) is 9. The summed E-state index contributed by atoms with van der Waals surface area (Å²) in [6.07, 6.45) is -1.21. The second-order valence-electron chi connectivity index (χ2n) is 10.2. The Morgan fingerprint density at radius 1 is 1.08 bits per heavy atom. The quantitative estimate of drug-likeness (QED) is 0.359. The Morgan fingerprint density at radius 3 is 2.36 bits per heavy atom. The second kappa shape index (κ2) is 9.19. The van der Waals surface area contributed by atoms with Crippen LogP contribution >= 0.6 is 0 Å². The first-order valence-corrected chi connectivity index (χ1v) is 12.2. The summed E-state index contributed by atoms with van der Waals surface area (Å²) in [6, 6.07) is 12.2. The predicted molar refractivity (Wildman–Crippen MR) is 140 cm³/mol. The molecule has 0 aliphatic heterocycles. The molecule has 2 aromatic rings. The zero-order valence-corrected chi connectivity index (χ0v) is 21.3. The van der Waals surface area contributed by atoms with E-state index in [9.17, 15) is 34.8 Å². The number of primary amides is 1. The van der Waals surface area contributed by atoms with Crippen molar-refractivity contribution in [2.24, 2.45) is 17.6 Å². The number of fused-ring (bicyclic) bond motifs is 3. The lowest BCUT2D eigenvalue weighted by atomic mass is 9.55. The smallest absolute Gasteiger partial charge is 0.255 e. The number of rotatable bonds is 5. The normalized spacial score (nSPS) is 28.4. The number of hydrogen-bond donors (Lipinski definition) is 5. The molecule has 1 saturated carbocycles. The average molecular weight is 533 g/mol. The van der Waals surface area contributed by atoms with E-state index in [0.717, 1.165) is 5.56 Å². The maximum Gasteiger partial charge on any atom is 0.255 e. The number of nitrogens with zero attached hydrogens (tertiary/aromatic N) is 1. The van der Waals surface area contributed by atoms with E-state index in [2.05, 4.69) is 6.58 Å². The molecule has 1 amide bonds. The number of ketones is 2. The minimum absolute atomic E-state index is 0.0154. The van der Waals surface area contributed by atoms with Crippen molar-refractivity contribution in [2.45, 2.75) is 24.4 Å². The van der Waals surface area contributed by atoms with Crippen LogP contribution in [0.3, 0.4) is 0 Å². The molecule has 6 N–H and O–H groups in total. The van der Waals surface area contributed by atoms with Crippen LogP contribution in [0.2, 0.25) is 0 Å². The molecular weight excluding hydrogens is 504 g/mol. The van der Waals surface area contributed by atoms with Crippen molar-refractivity contribution in [1.82, 2.24) is 4.90 Å². The summed E-state index contributed by atoms with van der Waals surface area (Å²) in [4.78, 5) is 41.4. The molecule has 0 aromatic heterocycles. The number of aromatic hydroxyl groups is 1. The highest BCUT2D eigenvalue weighted by Crippen LogP contribution is 2.56. The van der Waals surface area contributed by atoms with Crippen LogP contribution < -0.4 is 5.73 Å². The predicted octanol–water partition coefficient (Wildman–Crippen LogP) is 1.63. The standard InChI is InChI=1S/C29H28N2O8/c1-13-15-10-7-11-16(32)18(15)23(33)19-17(13)25(39-12-14-8-5-4-6-9-14)21-22(31(2)3)24(34)20(28(30)37)27(36)29(21,38)26(19)35/h4-11,17,21-22,25,32-33,36,38H,1,12H2,2-3H3,(H2,30,37)/t17-,21-,22+,25+,29+/m1/s1.